The molecule has 2 rings (SSSR count). The molecule has 25 heavy (non-hydrogen) atoms. The number of aliphatic hydroxyl groups is 1. The number of alkyl carbamates (subject to hydrolysis) is 1. The highest BCUT2D eigenvalue weighted by atomic mass is 19.4. The Balaban J connectivity index is 1.99. The van der Waals surface area contributed by atoms with Crippen molar-refractivity contribution >= 4 is 12.1 Å². The fraction of sp³-hybridized carbons (Fsp3) is 0.500. The minimum atomic E-state index is -4.86. The van der Waals surface area contributed by atoms with Crippen LogP contribution < -0.4 is 5.32 Å². The van der Waals surface area contributed by atoms with Crippen LogP contribution >= 0.6 is 0 Å². The lowest BCUT2D eigenvalue weighted by molar-refractivity contribution is -0.273. The molecule has 0 bridgehead atoms. The van der Waals surface area contributed by atoms with Crippen molar-refractivity contribution < 1.29 is 37.7 Å². The Morgan fingerprint density at radius 3 is 2.16 bits per heavy atom. The number of hydrogen-bond donors (Lipinski definition) is 3. The number of carboxylic acids is 1. The van der Waals surface area contributed by atoms with Crippen molar-refractivity contribution in [2.75, 3.05) is 0 Å². The van der Waals surface area contributed by atoms with Gasteiger partial charge in [-0.25, -0.2) is 9.59 Å². The number of benzene rings is 1. The molecule has 0 radical (unpaired) electrons. The number of aliphatic carboxylic acids is 1. The zero-order chi connectivity index (χ0) is 18.7. The van der Waals surface area contributed by atoms with Crippen molar-refractivity contribution in [3.63, 3.8) is 0 Å². The molecule has 1 fully saturated rings. The van der Waals surface area contributed by atoms with Crippen molar-refractivity contribution in [3.8, 4) is 0 Å². The zero-order valence-electron chi connectivity index (χ0n) is 13.2. The van der Waals surface area contributed by atoms with Gasteiger partial charge < -0.3 is 20.3 Å². The molecule has 1 saturated carbocycles. The second kappa shape index (κ2) is 6.91. The van der Waals surface area contributed by atoms with Gasteiger partial charge in [0.1, 0.15) is 12.1 Å². The summed E-state index contributed by atoms with van der Waals surface area (Å²) in [7, 11) is 0. The van der Waals surface area contributed by atoms with E-state index in [1.165, 1.54) is 0 Å². The predicted molar refractivity (Wildman–Crippen MR) is 79.6 cm³/mol. The Kier molecular flexibility index (Phi) is 5.26. The molecule has 3 N–H and O–H groups in total. The van der Waals surface area contributed by atoms with Crippen molar-refractivity contribution in [1.29, 1.82) is 0 Å². The Morgan fingerprint density at radius 2 is 1.68 bits per heavy atom. The molecule has 1 aliphatic carbocycles. The van der Waals surface area contributed by atoms with E-state index in [0.717, 1.165) is 0 Å². The van der Waals surface area contributed by atoms with Gasteiger partial charge in [-0.3, -0.25) is 0 Å². The van der Waals surface area contributed by atoms with Crippen LogP contribution in [0.4, 0.5) is 18.0 Å². The van der Waals surface area contributed by atoms with Gasteiger partial charge in [0.05, 0.1) is 0 Å². The van der Waals surface area contributed by atoms with Crippen LogP contribution in [-0.4, -0.2) is 39.6 Å². The molecule has 9 heteroatoms. The number of carbonyl (C=O) groups is 2. The van der Waals surface area contributed by atoms with E-state index in [-0.39, 0.29) is 6.61 Å². The Hall–Kier alpha value is -2.29. The molecule has 1 aromatic rings. The van der Waals surface area contributed by atoms with E-state index >= 15 is 0 Å². The second-order valence-corrected chi connectivity index (χ2v) is 6.10. The fourth-order valence-corrected chi connectivity index (χ4v) is 2.72. The smallest absolute Gasteiger partial charge is 0.417 e. The lowest BCUT2D eigenvalue weighted by atomic mass is 9.73. The number of nitrogens with one attached hydrogen (secondary N) is 1. The number of carboxylic acid groups (broad SMARTS) is 1. The molecule has 0 aromatic heterocycles. The Morgan fingerprint density at radius 1 is 1.12 bits per heavy atom. The summed E-state index contributed by atoms with van der Waals surface area (Å²) in [5.41, 5.74) is -4.16. The molecule has 1 aliphatic rings. The summed E-state index contributed by atoms with van der Waals surface area (Å²) in [6.45, 7) is -0.102. The number of hydrogen-bond acceptors (Lipinski definition) is 4. The Labute approximate surface area is 141 Å². The van der Waals surface area contributed by atoms with Crippen molar-refractivity contribution in [2.45, 2.75) is 49.6 Å². The fourth-order valence-electron chi connectivity index (χ4n) is 2.72. The van der Waals surface area contributed by atoms with Crippen molar-refractivity contribution in [2.24, 2.45) is 0 Å². The quantitative estimate of drug-likeness (QED) is 0.766. The third-order valence-corrected chi connectivity index (χ3v) is 4.42. The normalized spacial score (nSPS) is 26.7. The minimum absolute atomic E-state index is 0.102. The summed E-state index contributed by atoms with van der Waals surface area (Å²) < 4.78 is 43.4. The number of ether oxygens (including phenoxy) is 1. The van der Waals surface area contributed by atoms with Gasteiger partial charge in [0.15, 0.2) is 5.60 Å². The first-order chi connectivity index (χ1) is 11.6. The van der Waals surface area contributed by atoms with Crippen molar-refractivity contribution in [3.05, 3.63) is 35.9 Å². The van der Waals surface area contributed by atoms with E-state index in [1.807, 2.05) is 0 Å². The average Bonchev–Trinajstić information content (AvgIpc) is 2.55. The summed E-state index contributed by atoms with van der Waals surface area (Å²) in [6.07, 6.45) is -8.64. The van der Waals surface area contributed by atoms with Crippen LogP contribution in [0.2, 0.25) is 0 Å². The summed E-state index contributed by atoms with van der Waals surface area (Å²) in [5.74, 6) is -1.46. The van der Waals surface area contributed by atoms with Gasteiger partial charge in [0.25, 0.3) is 0 Å². The van der Waals surface area contributed by atoms with Gasteiger partial charge in [0.2, 0.25) is 0 Å². The zero-order valence-corrected chi connectivity index (χ0v) is 13.2. The van der Waals surface area contributed by atoms with E-state index in [2.05, 4.69) is 5.32 Å². The highest BCUT2D eigenvalue weighted by molar-refractivity contribution is 5.84. The van der Waals surface area contributed by atoms with Crippen LogP contribution in [-0.2, 0) is 16.1 Å². The molecular formula is C16H18F3NO5. The molecule has 0 saturated heterocycles. The number of alkyl halides is 3. The lowest BCUT2D eigenvalue weighted by Gasteiger charge is -2.42. The number of carbonyl (C=O) groups excluding carboxylic acids is 1. The van der Waals surface area contributed by atoms with E-state index in [9.17, 15) is 33.0 Å². The highest BCUT2D eigenvalue weighted by Crippen LogP contribution is 2.44. The van der Waals surface area contributed by atoms with E-state index in [1.54, 1.807) is 30.3 Å². The summed E-state index contributed by atoms with van der Waals surface area (Å²) in [5, 5.41) is 21.2. The topological polar surface area (TPSA) is 95.9 Å². The minimum Gasteiger partial charge on any atom is -0.480 e. The Bertz CT molecular complexity index is 624. The van der Waals surface area contributed by atoms with E-state index < -0.39 is 55.1 Å². The maximum absolute atomic E-state index is 12.8. The first kappa shape index (κ1) is 19.0. The maximum atomic E-state index is 12.8. The molecular weight excluding hydrogens is 343 g/mol. The lowest BCUT2D eigenvalue weighted by Crippen LogP contribution is -2.61. The van der Waals surface area contributed by atoms with Gasteiger partial charge in [-0.05, 0) is 31.2 Å². The standard InChI is InChI=1S/C16H18F3NO5/c17-16(18,19)15(24)8-6-14(7-9-15,12(21)22)20-13(23)25-10-11-4-2-1-3-5-11/h1-5,24H,6-10H2,(H,20,23)(H,21,22). The molecule has 0 unspecified atom stereocenters. The monoisotopic (exact) mass is 361 g/mol. The SMILES string of the molecule is O=C(NC1(C(=O)O)CCC(O)(C(F)(F)F)CC1)OCc1ccccc1. The number of halogens is 3. The van der Waals surface area contributed by atoms with Gasteiger partial charge >= 0.3 is 18.2 Å². The molecule has 0 heterocycles. The van der Waals surface area contributed by atoms with Crippen LogP contribution in [0, 0.1) is 0 Å². The largest absolute Gasteiger partial charge is 0.480 e. The number of amides is 1. The van der Waals surface area contributed by atoms with Crippen LogP contribution in [0.25, 0.3) is 0 Å². The van der Waals surface area contributed by atoms with Gasteiger partial charge in [0, 0.05) is 0 Å². The highest BCUT2D eigenvalue weighted by Gasteiger charge is 2.59. The third-order valence-electron chi connectivity index (χ3n) is 4.42. The molecule has 1 aromatic carbocycles. The first-order valence-corrected chi connectivity index (χ1v) is 7.59. The van der Waals surface area contributed by atoms with Crippen LogP contribution in [0.3, 0.4) is 0 Å². The summed E-state index contributed by atoms with van der Waals surface area (Å²) >= 11 is 0. The van der Waals surface area contributed by atoms with Crippen LogP contribution in [0.15, 0.2) is 30.3 Å². The molecule has 1 amide bonds. The predicted octanol–water partition coefficient (Wildman–Crippen LogP) is 2.60. The van der Waals surface area contributed by atoms with Crippen molar-refractivity contribution in [1.82, 2.24) is 5.32 Å². The van der Waals surface area contributed by atoms with E-state index in [0.29, 0.717) is 5.56 Å². The molecule has 0 spiro atoms. The van der Waals surface area contributed by atoms with Crippen LogP contribution in [0.1, 0.15) is 31.2 Å². The maximum Gasteiger partial charge on any atom is 0.417 e. The molecule has 0 atom stereocenters. The second-order valence-electron chi connectivity index (χ2n) is 6.10. The van der Waals surface area contributed by atoms with Gasteiger partial charge in [-0.2, -0.15) is 13.2 Å². The number of rotatable bonds is 4. The first-order valence-electron chi connectivity index (χ1n) is 7.59. The van der Waals surface area contributed by atoms with E-state index in [4.69, 9.17) is 4.74 Å². The average molecular weight is 361 g/mol. The van der Waals surface area contributed by atoms with Crippen LogP contribution in [0.5, 0.6) is 0 Å². The summed E-state index contributed by atoms with van der Waals surface area (Å²) in [4.78, 5) is 23.4. The van der Waals surface area contributed by atoms with Gasteiger partial charge in [-0.15, -0.1) is 0 Å². The molecule has 0 aliphatic heterocycles. The van der Waals surface area contributed by atoms with Gasteiger partial charge in [-0.1, -0.05) is 30.3 Å². The molecule has 138 valence electrons. The summed E-state index contributed by atoms with van der Waals surface area (Å²) in [6, 6.07) is 8.63. The molecule has 6 nitrogen and oxygen atoms in total. The third kappa shape index (κ3) is 4.22.